The van der Waals surface area contributed by atoms with E-state index < -0.39 is 17.3 Å². The summed E-state index contributed by atoms with van der Waals surface area (Å²) in [7, 11) is 0. The Bertz CT molecular complexity index is 1810. The van der Waals surface area contributed by atoms with Gasteiger partial charge in [-0.05, 0) is 59.7 Å². The molecule has 2 heterocycles. The first-order chi connectivity index (χ1) is 18.3. The van der Waals surface area contributed by atoms with Crippen LogP contribution in [-0.4, -0.2) is 9.97 Å². The van der Waals surface area contributed by atoms with Gasteiger partial charge < -0.3 is 10.3 Å². The topological polar surface area (TPSA) is 105 Å². The van der Waals surface area contributed by atoms with Gasteiger partial charge in [-0.3, -0.25) is 9.78 Å². The number of fused-ring (bicyclic) bond motifs is 1. The van der Waals surface area contributed by atoms with Crippen LogP contribution < -0.4 is 10.9 Å². The fraction of sp³-hybridized carbons (Fsp3) is 0.0345. The Morgan fingerprint density at radius 2 is 1.55 bits per heavy atom. The summed E-state index contributed by atoms with van der Waals surface area (Å²) in [5.74, 6) is 0. The quantitative estimate of drug-likeness (QED) is 0.280. The minimum Gasteiger partial charge on any atom is -0.355 e. The first-order valence-electron chi connectivity index (χ1n) is 11.3. The maximum atomic E-state index is 13.1. The van der Waals surface area contributed by atoms with Gasteiger partial charge in [0, 0.05) is 34.2 Å². The molecule has 38 heavy (non-hydrogen) atoms. The smallest absolute Gasteiger partial charge is 0.355 e. The zero-order chi connectivity index (χ0) is 26.9. The van der Waals surface area contributed by atoms with Crippen molar-refractivity contribution in [1.82, 2.24) is 9.97 Å². The Morgan fingerprint density at radius 3 is 2.21 bits per heavy atom. The fourth-order valence-corrected chi connectivity index (χ4v) is 4.10. The number of pyridine rings is 2. The number of aromatic amines is 1. The average Bonchev–Trinajstić information content (AvgIpc) is 2.92. The predicted octanol–water partition coefficient (Wildman–Crippen LogP) is 6.76. The molecule has 0 fully saturated rings. The van der Waals surface area contributed by atoms with Gasteiger partial charge in [-0.15, -0.1) is 0 Å². The molecule has 2 N–H and O–H groups in total. The molecule has 5 aromatic rings. The van der Waals surface area contributed by atoms with Gasteiger partial charge in [0.25, 0.3) is 5.56 Å². The molecule has 6 nitrogen and oxygen atoms in total. The molecule has 3 aromatic carbocycles. The first kappa shape index (κ1) is 24.3. The molecule has 2 aromatic heterocycles. The monoisotopic (exact) mass is 507 g/mol. The number of H-pyrrole nitrogens is 1. The van der Waals surface area contributed by atoms with E-state index >= 15 is 0 Å². The van der Waals surface area contributed by atoms with Crippen LogP contribution in [0.3, 0.4) is 0 Å². The van der Waals surface area contributed by atoms with Crippen molar-refractivity contribution in [2.75, 3.05) is 5.32 Å². The molecule has 0 saturated heterocycles. The van der Waals surface area contributed by atoms with E-state index in [1.165, 1.54) is 12.3 Å². The van der Waals surface area contributed by atoms with Gasteiger partial charge in [-0.2, -0.15) is 23.7 Å². The van der Waals surface area contributed by atoms with E-state index in [4.69, 9.17) is 5.26 Å². The lowest BCUT2D eigenvalue weighted by Crippen LogP contribution is -2.12. The van der Waals surface area contributed by atoms with Crippen LogP contribution in [0.5, 0.6) is 0 Å². The maximum absolute atomic E-state index is 13.1. The lowest BCUT2D eigenvalue weighted by molar-refractivity contribution is -0.137. The van der Waals surface area contributed by atoms with Crippen LogP contribution in [0.4, 0.5) is 24.5 Å². The third kappa shape index (κ3) is 4.69. The molecular weight excluding hydrogens is 491 g/mol. The molecule has 0 unspecified atom stereocenters. The Labute approximate surface area is 214 Å². The number of rotatable bonds is 4. The molecule has 0 atom stereocenters. The van der Waals surface area contributed by atoms with Crippen LogP contribution in [0, 0.1) is 22.7 Å². The third-order valence-corrected chi connectivity index (χ3v) is 6.02. The van der Waals surface area contributed by atoms with Gasteiger partial charge in [0.2, 0.25) is 0 Å². The van der Waals surface area contributed by atoms with E-state index in [-0.39, 0.29) is 11.1 Å². The molecule has 184 valence electrons. The SMILES string of the molecule is N#Cc1ccc(-c2cc(-c3ccc(Nc4ccnc5cc(C(F)(F)F)ccc45)cc3)[nH]c(=O)c2C#N)cc1. The second kappa shape index (κ2) is 9.57. The van der Waals surface area contributed by atoms with Crippen LogP contribution in [0.25, 0.3) is 33.3 Å². The summed E-state index contributed by atoms with van der Waals surface area (Å²) in [4.78, 5) is 19.5. The van der Waals surface area contributed by atoms with Crippen LogP contribution in [0.2, 0.25) is 0 Å². The molecule has 0 aliphatic rings. The largest absolute Gasteiger partial charge is 0.416 e. The van der Waals surface area contributed by atoms with Crippen LogP contribution in [0.15, 0.2) is 89.9 Å². The highest BCUT2D eigenvalue weighted by atomic mass is 19.4. The van der Waals surface area contributed by atoms with Crippen molar-refractivity contribution in [1.29, 1.82) is 10.5 Å². The van der Waals surface area contributed by atoms with Crippen molar-refractivity contribution >= 4 is 22.3 Å². The average molecular weight is 507 g/mol. The zero-order valence-corrected chi connectivity index (χ0v) is 19.5. The number of alkyl halides is 3. The molecular formula is C29H16F3N5O. The van der Waals surface area contributed by atoms with Gasteiger partial charge in [0.1, 0.15) is 11.6 Å². The Hall–Kier alpha value is -5.41. The van der Waals surface area contributed by atoms with Gasteiger partial charge in [0.05, 0.1) is 22.7 Å². The summed E-state index contributed by atoms with van der Waals surface area (Å²) in [5, 5.41) is 22.3. The van der Waals surface area contributed by atoms with E-state index in [2.05, 4.69) is 15.3 Å². The van der Waals surface area contributed by atoms with Crippen LogP contribution >= 0.6 is 0 Å². The maximum Gasteiger partial charge on any atom is 0.416 e. The number of benzene rings is 3. The summed E-state index contributed by atoms with van der Waals surface area (Å²) in [6, 6.07) is 24.4. The number of anilines is 2. The number of nitrogens with zero attached hydrogens (tertiary/aromatic N) is 3. The molecule has 0 aliphatic heterocycles. The first-order valence-corrected chi connectivity index (χ1v) is 11.3. The molecule has 9 heteroatoms. The number of halogens is 3. The van der Waals surface area contributed by atoms with Crippen molar-refractivity contribution in [3.8, 4) is 34.5 Å². The minimum absolute atomic E-state index is 0.0324. The Kier molecular flexibility index (Phi) is 6.11. The molecule has 5 rings (SSSR count). The normalized spacial score (nSPS) is 11.1. The standard InChI is InChI=1S/C29H16F3N5O/c30-29(31,32)20-7-10-22-25(11-12-35-27(22)13-20)36-21-8-5-19(6-9-21)26-14-23(24(16-34)28(38)37-26)18-3-1-17(15-33)2-4-18/h1-14H,(H,35,36)(H,37,38). The summed E-state index contributed by atoms with van der Waals surface area (Å²) in [6.45, 7) is 0. The highest BCUT2D eigenvalue weighted by Gasteiger charge is 2.30. The van der Waals surface area contributed by atoms with Gasteiger partial charge in [0.15, 0.2) is 0 Å². The number of hydrogen-bond donors (Lipinski definition) is 2. The van der Waals surface area contributed by atoms with Gasteiger partial charge in [-0.1, -0.05) is 30.3 Å². The van der Waals surface area contributed by atoms with E-state index in [0.29, 0.717) is 44.7 Å². The van der Waals surface area contributed by atoms with E-state index in [0.717, 1.165) is 12.1 Å². The second-order valence-corrected chi connectivity index (χ2v) is 8.39. The van der Waals surface area contributed by atoms with Crippen molar-refractivity contribution < 1.29 is 13.2 Å². The molecule has 0 aliphatic carbocycles. The highest BCUT2D eigenvalue weighted by molar-refractivity contribution is 5.93. The molecule has 0 radical (unpaired) electrons. The van der Waals surface area contributed by atoms with E-state index in [9.17, 15) is 23.2 Å². The summed E-state index contributed by atoms with van der Waals surface area (Å²) in [6.07, 6.45) is -3.02. The summed E-state index contributed by atoms with van der Waals surface area (Å²) >= 11 is 0. The minimum atomic E-state index is -4.46. The number of nitrogens with one attached hydrogen (secondary N) is 2. The Balaban J connectivity index is 1.46. The molecule has 0 bridgehead atoms. The summed E-state index contributed by atoms with van der Waals surface area (Å²) < 4.78 is 39.2. The Morgan fingerprint density at radius 1 is 0.842 bits per heavy atom. The molecule has 0 amide bonds. The lowest BCUT2D eigenvalue weighted by Gasteiger charge is -2.12. The van der Waals surface area contributed by atoms with Crippen LogP contribution in [0.1, 0.15) is 16.7 Å². The summed E-state index contributed by atoms with van der Waals surface area (Å²) in [5.41, 5.74) is 2.85. The van der Waals surface area contributed by atoms with Crippen molar-refractivity contribution in [2.24, 2.45) is 0 Å². The number of hydrogen-bond acceptors (Lipinski definition) is 5. The second-order valence-electron chi connectivity index (χ2n) is 8.39. The van der Waals surface area contributed by atoms with Crippen molar-refractivity contribution in [3.63, 3.8) is 0 Å². The van der Waals surface area contributed by atoms with Crippen molar-refractivity contribution in [2.45, 2.75) is 6.18 Å². The zero-order valence-electron chi connectivity index (χ0n) is 19.5. The van der Waals surface area contributed by atoms with E-state index in [1.54, 1.807) is 60.7 Å². The highest BCUT2D eigenvalue weighted by Crippen LogP contribution is 2.34. The van der Waals surface area contributed by atoms with Crippen LogP contribution in [-0.2, 0) is 6.18 Å². The van der Waals surface area contributed by atoms with Gasteiger partial charge >= 0.3 is 6.18 Å². The number of nitriles is 2. The third-order valence-electron chi connectivity index (χ3n) is 6.02. The number of aromatic nitrogens is 2. The molecule has 0 saturated carbocycles. The fourth-order valence-electron chi connectivity index (χ4n) is 4.10. The molecule has 0 spiro atoms. The van der Waals surface area contributed by atoms with Crippen molar-refractivity contribution in [3.05, 3.63) is 112 Å². The van der Waals surface area contributed by atoms with Gasteiger partial charge in [-0.25, -0.2) is 0 Å². The van der Waals surface area contributed by atoms with E-state index in [1.807, 2.05) is 12.1 Å². The lowest BCUT2D eigenvalue weighted by atomic mass is 9.98. The predicted molar refractivity (Wildman–Crippen MR) is 137 cm³/mol.